The standard InChI is InChI=1S/C19H21NO/c1-13(2)10-14-4-3-5-16(11-14)19(21)17-6-7-18-15(12-17)8-9-20-18/h3-7,11-13,20H,8-10H2,1-2H3. The summed E-state index contributed by atoms with van der Waals surface area (Å²) in [6, 6.07) is 14.0. The maximum Gasteiger partial charge on any atom is 0.193 e. The molecule has 0 saturated carbocycles. The Bertz CT molecular complexity index is 673. The highest BCUT2D eigenvalue weighted by Gasteiger charge is 2.15. The molecule has 2 nitrogen and oxygen atoms in total. The molecule has 2 aromatic rings. The van der Waals surface area contributed by atoms with Crippen molar-refractivity contribution in [1.29, 1.82) is 0 Å². The lowest BCUT2D eigenvalue weighted by Gasteiger charge is -2.08. The topological polar surface area (TPSA) is 29.1 Å². The Labute approximate surface area is 126 Å². The van der Waals surface area contributed by atoms with Crippen molar-refractivity contribution in [2.45, 2.75) is 26.7 Å². The van der Waals surface area contributed by atoms with E-state index in [0.717, 1.165) is 30.5 Å². The molecule has 2 heteroatoms. The van der Waals surface area contributed by atoms with Crippen LogP contribution < -0.4 is 5.32 Å². The Balaban J connectivity index is 1.88. The second kappa shape index (κ2) is 5.72. The zero-order valence-electron chi connectivity index (χ0n) is 12.6. The first-order valence-electron chi connectivity index (χ1n) is 7.64. The Kier molecular flexibility index (Phi) is 3.78. The van der Waals surface area contributed by atoms with Gasteiger partial charge in [-0.25, -0.2) is 0 Å². The molecule has 0 fully saturated rings. The number of carbonyl (C=O) groups excluding carboxylic acids is 1. The van der Waals surface area contributed by atoms with Gasteiger partial charge in [0, 0.05) is 23.4 Å². The van der Waals surface area contributed by atoms with Crippen LogP contribution in [-0.4, -0.2) is 12.3 Å². The Morgan fingerprint density at radius 1 is 1.14 bits per heavy atom. The van der Waals surface area contributed by atoms with Gasteiger partial charge in [-0.3, -0.25) is 4.79 Å². The predicted octanol–water partition coefficient (Wildman–Crippen LogP) is 4.08. The lowest BCUT2D eigenvalue weighted by atomic mass is 9.96. The van der Waals surface area contributed by atoms with Crippen LogP contribution in [0.1, 0.15) is 40.9 Å². The van der Waals surface area contributed by atoms with Gasteiger partial charge in [0.15, 0.2) is 5.78 Å². The Morgan fingerprint density at radius 2 is 1.95 bits per heavy atom. The smallest absolute Gasteiger partial charge is 0.193 e. The number of fused-ring (bicyclic) bond motifs is 1. The minimum atomic E-state index is 0.121. The monoisotopic (exact) mass is 279 g/mol. The van der Waals surface area contributed by atoms with Gasteiger partial charge in [-0.2, -0.15) is 0 Å². The third-order valence-corrected chi connectivity index (χ3v) is 3.91. The molecule has 3 rings (SSSR count). The van der Waals surface area contributed by atoms with Crippen molar-refractivity contribution in [3.63, 3.8) is 0 Å². The summed E-state index contributed by atoms with van der Waals surface area (Å²) in [4.78, 5) is 12.7. The zero-order valence-corrected chi connectivity index (χ0v) is 12.6. The Morgan fingerprint density at radius 3 is 2.76 bits per heavy atom. The summed E-state index contributed by atoms with van der Waals surface area (Å²) in [5, 5.41) is 3.33. The van der Waals surface area contributed by atoms with Crippen LogP contribution >= 0.6 is 0 Å². The predicted molar refractivity (Wildman–Crippen MR) is 87.1 cm³/mol. The van der Waals surface area contributed by atoms with E-state index in [1.807, 2.05) is 36.4 Å². The van der Waals surface area contributed by atoms with Gasteiger partial charge >= 0.3 is 0 Å². The molecule has 0 bridgehead atoms. The van der Waals surface area contributed by atoms with E-state index < -0.39 is 0 Å². The first kappa shape index (κ1) is 13.9. The molecule has 1 heterocycles. The zero-order chi connectivity index (χ0) is 14.8. The van der Waals surface area contributed by atoms with E-state index in [9.17, 15) is 4.79 Å². The van der Waals surface area contributed by atoms with Crippen LogP contribution in [0, 0.1) is 5.92 Å². The van der Waals surface area contributed by atoms with Crippen LogP contribution in [0.15, 0.2) is 42.5 Å². The lowest BCUT2D eigenvalue weighted by molar-refractivity contribution is 0.103. The second-order valence-corrected chi connectivity index (χ2v) is 6.18. The molecule has 21 heavy (non-hydrogen) atoms. The van der Waals surface area contributed by atoms with Gasteiger partial charge in [0.05, 0.1) is 0 Å². The molecule has 0 radical (unpaired) electrons. The van der Waals surface area contributed by atoms with Crippen molar-refractivity contribution < 1.29 is 4.79 Å². The van der Waals surface area contributed by atoms with Gasteiger partial charge < -0.3 is 5.32 Å². The minimum Gasteiger partial charge on any atom is -0.384 e. The first-order valence-corrected chi connectivity index (χ1v) is 7.64. The van der Waals surface area contributed by atoms with Gasteiger partial charge in [-0.1, -0.05) is 32.0 Å². The van der Waals surface area contributed by atoms with Crippen molar-refractivity contribution in [1.82, 2.24) is 0 Å². The third-order valence-electron chi connectivity index (χ3n) is 3.91. The number of carbonyl (C=O) groups is 1. The number of nitrogens with one attached hydrogen (secondary N) is 1. The average molecular weight is 279 g/mol. The summed E-state index contributed by atoms with van der Waals surface area (Å²) in [6.07, 6.45) is 2.01. The van der Waals surface area contributed by atoms with Crippen LogP contribution in [0.2, 0.25) is 0 Å². The number of hydrogen-bond acceptors (Lipinski definition) is 2. The fourth-order valence-corrected chi connectivity index (χ4v) is 2.92. The van der Waals surface area contributed by atoms with Crippen molar-refractivity contribution in [3.8, 4) is 0 Å². The van der Waals surface area contributed by atoms with Crippen molar-refractivity contribution in [2.75, 3.05) is 11.9 Å². The van der Waals surface area contributed by atoms with Crippen molar-refractivity contribution in [3.05, 3.63) is 64.7 Å². The molecule has 0 aliphatic carbocycles. The van der Waals surface area contributed by atoms with Gasteiger partial charge in [0.2, 0.25) is 0 Å². The molecule has 108 valence electrons. The molecule has 0 aromatic heterocycles. The number of benzene rings is 2. The van der Waals surface area contributed by atoms with Crippen LogP contribution in [-0.2, 0) is 12.8 Å². The summed E-state index contributed by atoms with van der Waals surface area (Å²) in [7, 11) is 0. The fourth-order valence-electron chi connectivity index (χ4n) is 2.92. The molecule has 2 aromatic carbocycles. The molecule has 0 spiro atoms. The van der Waals surface area contributed by atoms with Gasteiger partial charge in [-0.15, -0.1) is 0 Å². The lowest BCUT2D eigenvalue weighted by Crippen LogP contribution is -2.03. The highest BCUT2D eigenvalue weighted by molar-refractivity contribution is 6.09. The number of rotatable bonds is 4. The molecule has 1 N–H and O–H groups in total. The third kappa shape index (κ3) is 2.99. The van der Waals surface area contributed by atoms with Crippen LogP contribution in [0.5, 0.6) is 0 Å². The van der Waals surface area contributed by atoms with E-state index in [4.69, 9.17) is 0 Å². The molecule has 0 saturated heterocycles. The summed E-state index contributed by atoms with van der Waals surface area (Å²) in [6.45, 7) is 5.36. The Hall–Kier alpha value is -2.09. The van der Waals surface area contributed by atoms with E-state index in [2.05, 4.69) is 25.2 Å². The van der Waals surface area contributed by atoms with E-state index in [1.165, 1.54) is 16.8 Å². The number of ketones is 1. The van der Waals surface area contributed by atoms with Crippen molar-refractivity contribution >= 4 is 11.5 Å². The second-order valence-electron chi connectivity index (χ2n) is 6.18. The van der Waals surface area contributed by atoms with E-state index in [0.29, 0.717) is 5.92 Å². The molecule has 1 aliphatic heterocycles. The van der Waals surface area contributed by atoms with Crippen LogP contribution in [0.3, 0.4) is 0 Å². The summed E-state index contributed by atoms with van der Waals surface area (Å²) in [5.74, 6) is 0.719. The molecular formula is C19H21NO. The SMILES string of the molecule is CC(C)Cc1cccc(C(=O)c2ccc3c(c2)CCN3)c1. The quantitative estimate of drug-likeness (QED) is 0.854. The van der Waals surface area contributed by atoms with Gasteiger partial charge in [0.25, 0.3) is 0 Å². The largest absolute Gasteiger partial charge is 0.384 e. The normalized spacial score (nSPS) is 13.1. The van der Waals surface area contributed by atoms with Gasteiger partial charge in [0.1, 0.15) is 0 Å². The maximum absolute atomic E-state index is 12.7. The average Bonchev–Trinajstić information content (AvgIpc) is 2.93. The molecule has 0 amide bonds. The molecule has 1 aliphatic rings. The van der Waals surface area contributed by atoms with Crippen LogP contribution in [0.4, 0.5) is 5.69 Å². The molecular weight excluding hydrogens is 258 g/mol. The minimum absolute atomic E-state index is 0.121. The molecule has 0 unspecified atom stereocenters. The van der Waals surface area contributed by atoms with E-state index >= 15 is 0 Å². The highest BCUT2D eigenvalue weighted by Crippen LogP contribution is 2.24. The summed E-state index contributed by atoms with van der Waals surface area (Å²) >= 11 is 0. The van der Waals surface area contributed by atoms with Crippen LogP contribution in [0.25, 0.3) is 0 Å². The molecule has 0 atom stereocenters. The van der Waals surface area contributed by atoms with E-state index in [1.54, 1.807) is 0 Å². The summed E-state index contributed by atoms with van der Waals surface area (Å²) < 4.78 is 0. The summed E-state index contributed by atoms with van der Waals surface area (Å²) in [5.41, 5.74) is 5.23. The van der Waals surface area contributed by atoms with Crippen molar-refractivity contribution in [2.24, 2.45) is 5.92 Å². The number of hydrogen-bond donors (Lipinski definition) is 1. The fraction of sp³-hybridized carbons (Fsp3) is 0.316. The van der Waals surface area contributed by atoms with Gasteiger partial charge in [-0.05, 0) is 54.2 Å². The van der Waals surface area contributed by atoms with E-state index in [-0.39, 0.29) is 5.78 Å². The maximum atomic E-state index is 12.7. The first-order chi connectivity index (χ1) is 10.1. The number of anilines is 1. The highest BCUT2D eigenvalue weighted by atomic mass is 16.1.